The molecule has 140 valence electrons. The summed E-state index contributed by atoms with van der Waals surface area (Å²) in [4.78, 5) is 38.2. The van der Waals surface area contributed by atoms with Crippen molar-refractivity contribution in [2.45, 2.75) is 13.3 Å². The molecule has 1 aliphatic rings. The second-order valence-corrected chi connectivity index (χ2v) is 7.99. The van der Waals surface area contributed by atoms with Crippen molar-refractivity contribution in [2.75, 3.05) is 22.1 Å². The number of benzene rings is 2. The third-order valence-electron chi connectivity index (χ3n) is 4.19. The van der Waals surface area contributed by atoms with Gasteiger partial charge in [0.15, 0.2) is 0 Å². The fourth-order valence-electron chi connectivity index (χ4n) is 2.94. The van der Waals surface area contributed by atoms with E-state index in [0.29, 0.717) is 17.9 Å². The number of halogens is 2. The number of para-hydroxylation sites is 1. The molecule has 3 amide bonds. The van der Waals surface area contributed by atoms with Crippen molar-refractivity contribution < 1.29 is 14.4 Å². The molecule has 0 aromatic heterocycles. The van der Waals surface area contributed by atoms with Gasteiger partial charge in [-0.05, 0) is 46.3 Å². The summed E-state index contributed by atoms with van der Waals surface area (Å²) in [5.74, 6) is -1.07. The highest BCUT2D eigenvalue weighted by atomic mass is 79.9. The lowest BCUT2D eigenvalue weighted by Crippen LogP contribution is -2.28. The topological polar surface area (TPSA) is 78.5 Å². The van der Waals surface area contributed by atoms with Crippen molar-refractivity contribution in [3.63, 3.8) is 0 Å². The van der Waals surface area contributed by atoms with Gasteiger partial charge in [0.05, 0.1) is 23.0 Å². The molecule has 1 atom stereocenters. The molecule has 0 spiro atoms. The van der Waals surface area contributed by atoms with Crippen LogP contribution in [0.1, 0.15) is 13.3 Å². The van der Waals surface area contributed by atoms with E-state index in [4.69, 9.17) is 0 Å². The van der Waals surface area contributed by atoms with Gasteiger partial charge >= 0.3 is 0 Å². The van der Waals surface area contributed by atoms with Crippen LogP contribution in [0.15, 0.2) is 51.4 Å². The molecule has 1 heterocycles. The summed E-state index contributed by atoms with van der Waals surface area (Å²) in [6, 6.07) is 12.6. The van der Waals surface area contributed by atoms with E-state index in [-0.39, 0.29) is 24.1 Å². The van der Waals surface area contributed by atoms with Gasteiger partial charge < -0.3 is 15.5 Å². The van der Waals surface area contributed by atoms with Gasteiger partial charge in [-0.1, -0.05) is 28.1 Å². The van der Waals surface area contributed by atoms with Gasteiger partial charge in [0.1, 0.15) is 0 Å². The first-order valence-corrected chi connectivity index (χ1v) is 9.86. The number of nitrogens with one attached hydrogen (secondary N) is 2. The summed E-state index contributed by atoms with van der Waals surface area (Å²) in [5.41, 5.74) is 1.74. The largest absolute Gasteiger partial charge is 0.325 e. The van der Waals surface area contributed by atoms with Gasteiger partial charge in [-0.2, -0.15) is 0 Å². The molecule has 0 unspecified atom stereocenters. The number of anilines is 3. The van der Waals surface area contributed by atoms with Gasteiger partial charge in [0.25, 0.3) is 0 Å². The number of carbonyl (C=O) groups is 3. The minimum absolute atomic E-state index is 0.0987. The van der Waals surface area contributed by atoms with E-state index in [9.17, 15) is 14.4 Å². The quantitative estimate of drug-likeness (QED) is 0.669. The summed E-state index contributed by atoms with van der Waals surface area (Å²) in [6.45, 7) is 1.70. The highest BCUT2D eigenvalue weighted by molar-refractivity contribution is 9.10. The van der Waals surface area contributed by atoms with Crippen LogP contribution in [0, 0.1) is 5.92 Å². The van der Waals surface area contributed by atoms with Crippen LogP contribution in [0.2, 0.25) is 0 Å². The fraction of sp³-hybridized carbons (Fsp3) is 0.211. The molecular formula is C19H17Br2N3O3. The molecule has 8 heteroatoms. The zero-order valence-corrected chi connectivity index (χ0v) is 17.6. The standard InChI is InChI=1S/C19H17Br2N3O3/c1-11(25)22-15-7-6-13(20)9-16(15)23-19(27)12-8-18(26)24(10-12)17-5-3-2-4-14(17)21/h2-7,9,12H,8,10H2,1H3,(H,22,25)(H,23,27)/t12-/m0/s1. The van der Waals surface area contributed by atoms with Crippen LogP contribution in [0.5, 0.6) is 0 Å². The molecule has 2 aromatic rings. The zero-order chi connectivity index (χ0) is 19.6. The highest BCUT2D eigenvalue weighted by Gasteiger charge is 2.36. The first-order valence-electron chi connectivity index (χ1n) is 8.28. The van der Waals surface area contributed by atoms with Gasteiger partial charge in [0.2, 0.25) is 17.7 Å². The molecule has 0 aliphatic carbocycles. The molecule has 1 fully saturated rings. The molecule has 6 nitrogen and oxygen atoms in total. The van der Waals surface area contributed by atoms with E-state index in [1.807, 2.05) is 24.3 Å². The third kappa shape index (κ3) is 4.56. The van der Waals surface area contributed by atoms with Gasteiger partial charge in [0, 0.05) is 28.8 Å². The average Bonchev–Trinajstić information content (AvgIpc) is 2.99. The van der Waals surface area contributed by atoms with E-state index >= 15 is 0 Å². The van der Waals surface area contributed by atoms with Crippen molar-refractivity contribution in [2.24, 2.45) is 5.92 Å². The number of nitrogens with zero attached hydrogens (tertiary/aromatic N) is 1. The SMILES string of the molecule is CC(=O)Nc1ccc(Br)cc1NC(=O)[C@H]1CC(=O)N(c2ccccc2Br)C1. The van der Waals surface area contributed by atoms with Crippen molar-refractivity contribution in [3.8, 4) is 0 Å². The summed E-state index contributed by atoms with van der Waals surface area (Å²) >= 11 is 6.81. The van der Waals surface area contributed by atoms with Gasteiger partial charge in [-0.25, -0.2) is 0 Å². The lowest BCUT2D eigenvalue weighted by molar-refractivity contribution is -0.122. The Morgan fingerprint density at radius 1 is 1.07 bits per heavy atom. The average molecular weight is 495 g/mol. The predicted molar refractivity (Wildman–Crippen MR) is 112 cm³/mol. The van der Waals surface area contributed by atoms with Crippen molar-refractivity contribution in [1.29, 1.82) is 0 Å². The first-order chi connectivity index (χ1) is 12.8. The van der Waals surface area contributed by atoms with Gasteiger partial charge in [-0.3, -0.25) is 14.4 Å². The Bertz CT molecular complexity index is 917. The monoisotopic (exact) mass is 493 g/mol. The minimum Gasteiger partial charge on any atom is -0.325 e. The molecule has 0 bridgehead atoms. The van der Waals surface area contributed by atoms with Crippen LogP contribution in [-0.2, 0) is 14.4 Å². The molecule has 0 radical (unpaired) electrons. The molecular weight excluding hydrogens is 478 g/mol. The molecule has 1 saturated heterocycles. The normalized spacial score (nSPS) is 16.3. The van der Waals surface area contributed by atoms with E-state index in [2.05, 4.69) is 42.5 Å². The van der Waals surface area contributed by atoms with Crippen LogP contribution in [0.4, 0.5) is 17.1 Å². The number of carbonyl (C=O) groups excluding carboxylic acids is 3. The Labute approximate surface area is 173 Å². The van der Waals surface area contributed by atoms with Gasteiger partial charge in [-0.15, -0.1) is 0 Å². The number of hydrogen-bond acceptors (Lipinski definition) is 3. The maximum atomic E-state index is 12.7. The highest BCUT2D eigenvalue weighted by Crippen LogP contribution is 2.32. The van der Waals surface area contributed by atoms with E-state index < -0.39 is 5.92 Å². The predicted octanol–water partition coefficient (Wildman–Crippen LogP) is 4.16. The van der Waals surface area contributed by atoms with Crippen LogP contribution in [0.25, 0.3) is 0 Å². The maximum Gasteiger partial charge on any atom is 0.229 e. The summed E-state index contributed by atoms with van der Waals surface area (Å²) in [5, 5.41) is 5.52. The Morgan fingerprint density at radius 2 is 1.81 bits per heavy atom. The van der Waals surface area contributed by atoms with E-state index in [1.54, 1.807) is 23.1 Å². The van der Waals surface area contributed by atoms with E-state index in [0.717, 1.165) is 14.6 Å². The second-order valence-electron chi connectivity index (χ2n) is 6.22. The van der Waals surface area contributed by atoms with Crippen molar-refractivity contribution >= 4 is 66.6 Å². The van der Waals surface area contributed by atoms with Crippen LogP contribution >= 0.6 is 31.9 Å². The lowest BCUT2D eigenvalue weighted by atomic mass is 10.1. The fourth-order valence-corrected chi connectivity index (χ4v) is 3.80. The molecule has 3 rings (SSSR count). The van der Waals surface area contributed by atoms with Crippen LogP contribution in [-0.4, -0.2) is 24.3 Å². The Morgan fingerprint density at radius 3 is 2.52 bits per heavy atom. The summed E-state index contributed by atoms with van der Waals surface area (Å²) < 4.78 is 1.57. The van der Waals surface area contributed by atoms with Crippen LogP contribution in [0.3, 0.4) is 0 Å². The minimum atomic E-state index is -0.478. The smallest absolute Gasteiger partial charge is 0.229 e. The summed E-state index contributed by atoms with van der Waals surface area (Å²) in [7, 11) is 0. The maximum absolute atomic E-state index is 12.7. The lowest BCUT2D eigenvalue weighted by Gasteiger charge is -2.18. The Balaban J connectivity index is 1.76. The first kappa shape index (κ1) is 19.6. The van der Waals surface area contributed by atoms with E-state index in [1.165, 1.54) is 6.92 Å². The third-order valence-corrected chi connectivity index (χ3v) is 5.35. The number of hydrogen-bond donors (Lipinski definition) is 2. The number of rotatable bonds is 4. The Kier molecular flexibility index (Phi) is 5.96. The van der Waals surface area contributed by atoms with Crippen molar-refractivity contribution in [1.82, 2.24) is 0 Å². The number of amides is 3. The van der Waals surface area contributed by atoms with Crippen molar-refractivity contribution in [3.05, 3.63) is 51.4 Å². The molecule has 1 aliphatic heterocycles. The molecule has 2 aromatic carbocycles. The van der Waals surface area contributed by atoms with Crippen LogP contribution < -0.4 is 15.5 Å². The second kappa shape index (κ2) is 8.22. The summed E-state index contributed by atoms with van der Waals surface area (Å²) in [6.07, 6.45) is 0.136. The zero-order valence-electron chi connectivity index (χ0n) is 14.5. The molecule has 27 heavy (non-hydrogen) atoms. The Hall–Kier alpha value is -2.19. The molecule has 0 saturated carbocycles. The molecule has 2 N–H and O–H groups in total.